The number of thiophene rings is 1. The predicted molar refractivity (Wildman–Crippen MR) is 121 cm³/mol. The fourth-order valence-electron chi connectivity index (χ4n) is 3.90. The minimum Gasteiger partial charge on any atom is -0.273 e. The second-order valence-electron chi connectivity index (χ2n) is 7.49. The van der Waals surface area contributed by atoms with Gasteiger partial charge in [0.05, 0.1) is 10.9 Å². The highest BCUT2D eigenvalue weighted by Gasteiger charge is 2.16. The van der Waals surface area contributed by atoms with Crippen molar-refractivity contribution in [3.05, 3.63) is 68.8 Å². The number of hydrogen-bond donors (Lipinski definition) is 1. The van der Waals surface area contributed by atoms with Crippen LogP contribution >= 0.6 is 11.3 Å². The van der Waals surface area contributed by atoms with Crippen molar-refractivity contribution < 1.29 is 4.79 Å². The third kappa shape index (κ3) is 3.17. The summed E-state index contributed by atoms with van der Waals surface area (Å²) in [6.07, 6.45) is 0.702. The molecule has 8 nitrogen and oxygen atoms in total. The van der Waals surface area contributed by atoms with E-state index in [9.17, 15) is 9.59 Å². The van der Waals surface area contributed by atoms with Crippen molar-refractivity contribution in [3.63, 3.8) is 0 Å². The molecule has 0 unspecified atom stereocenters. The SMILES string of the molecule is Cc1nc2c3ccccc3nn2c(C)c1CCC(=O)Nn1c(C)nc2sccc2c1=O. The molecule has 0 fully saturated rings. The normalized spacial score (nSPS) is 11.6. The van der Waals surface area contributed by atoms with Crippen LogP contribution in [0.25, 0.3) is 26.8 Å². The number of nitrogens with zero attached hydrogens (tertiary/aromatic N) is 5. The summed E-state index contributed by atoms with van der Waals surface area (Å²) in [5, 5.41) is 7.98. The number of rotatable bonds is 4. The lowest BCUT2D eigenvalue weighted by Gasteiger charge is -2.13. The average Bonchev–Trinajstić information content (AvgIpc) is 3.36. The highest BCUT2D eigenvalue weighted by molar-refractivity contribution is 7.16. The number of benzene rings is 1. The Balaban J connectivity index is 1.41. The quantitative estimate of drug-likeness (QED) is 0.470. The van der Waals surface area contributed by atoms with Gasteiger partial charge in [-0.25, -0.2) is 19.2 Å². The van der Waals surface area contributed by atoms with Gasteiger partial charge in [-0.1, -0.05) is 12.1 Å². The summed E-state index contributed by atoms with van der Waals surface area (Å²) in [6.45, 7) is 5.64. The van der Waals surface area contributed by atoms with Crippen molar-refractivity contribution >= 4 is 44.0 Å². The van der Waals surface area contributed by atoms with Crippen LogP contribution in [0.5, 0.6) is 0 Å². The lowest BCUT2D eigenvalue weighted by atomic mass is 10.1. The molecule has 9 heteroatoms. The molecule has 0 aliphatic heterocycles. The van der Waals surface area contributed by atoms with Gasteiger partial charge in [0.15, 0.2) is 5.65 Å². The second-order valence-corrected chi connectivity index (χ2v) is 8.38. The molecule has 0 saturated carbocycles. The van der Waals surface area contributed by atoms with Crippen LogP contribution in [0.3, 0.4) is 0 Å². The standard InChI is InChI=1S/C22H20N6O2S/c1-12-15(13(2)27-20(23-12)16-6-4-5-7-18(16)25-27)8-9-19(29)26-28-14(3)24-21-17(22(28)30)10-11-31-21/h4-7,10-11H,8-9H2,1-3H3,(H,26,29). The first-order chi connectivity index (χ1) is 14.9. The van der Waals surface area contributed by atoms with Crippen molar-refractivity contribution in [1.82, 2.24) is 24.3 Å². The lowest BCUT2D eigenvalue weighted by molar-refractivity contribution is -0.117. The van der Waals surface area contributed by atoms with E-state index in [-0.39, 0.29) is 17.9 Å². The molecule has 0 spiro atoms. The summed E-state index contributed by atoms with van der Waals surface area (Å²) < 4.78 is 3.06. The topological polar surface area (TPSA) is 94.2 Å². The molecule has 1 aromatic carbocycles. The number of hydrogen-bond acceptors (Lipinski definition) is 6. The molecule has 156 valence electrons. The summed E-state index contributed by atoms with van der Waals surface area (Å²) in [7, 11) is 0. The number of amides is 1. The van der Waals surface area contributed by atoms with Crippen LogP contribution in [0.15, 0.2) is 40.5 Å². The van der Waals surface area contributed by atoms with Crippen LogP contribution in [0, 0.1) is 20.8 Å². The van der Waals surface area contributed by atoms with Crippen molar-refractivity contribution in [1.29, 1.82) is 0 Å². The fraction of sp³-hybridized carbons (Fsp3) is 0.227. The zero-order valence-corrected chi connectivity index (χ0v) is 18.2. The minimum absolute atomic E-state index is 0.212. The molecule has 4 aromatic heterocycles. The van der Waals surface area contributed by atoms with Gasteiger partial charge in [0, 0.05) is 23.2 Å². The largest absolute Gasteiger partial charge is 0.281 e. The highest BCUT2D eigenvalue weighted by Crippen LogP contribution is 2.23. The van der Waals surface area contributed by atoms with Gasteiger partial charge in [-0.05, 0) is 56.3 Å². The maximum atomic E-state index is 12.7. The summed E-state index contributed by atoms with van der Waals surface area (Å²) in [4.78, 5) is 35.1. The first-order valence-corrected chi connectivity index (χ1v) is 10.8. The van der Waals surface area contributed by atoms with Gasteiger partial charge in [0.2, 0.25) is 5.91 Å². The predicted octanol–water partition coefficient (Wildman–Crippen LogP) is 3.28. The molecule has 0 radical (unpaired) electrons. The summed E-state index contributed by atoms with van der Waals surface area (Å²) in [6, 6.07) is 9.62. The molecule has 1 amide bonds. The Hall–Kier alpha value is -3.59. The fourth-order valence-corrected chi connectivity index (χ4v) is 4.70. The summed E-state index contributed by atoms with van der Waals surface area (Å²) >= 11 is 1.40. The number of carbonyl (C=O) groups excluding carboxylic acids is 1. The third-order valence-electron chi connectivity index (χ3n) is 5.52. The van der Waals surface area contributed by atoms with E-state index in [0.717, 1.165) is 33.5 Å². The molecular weight excluding hydrogens is 412 g/mol. The van der Waals surface area contributed by atoms with Gasteiger partial charge in [-0.15, -0.1) is 11.3 Å². The Labute approximate surface area is 181 Å². The first kappa shape index (κ1) is 19.4. The number of nitrogens with one attached hydrogen (secondary N) is 1. The van der Waals surface area contributed by atoms with Gasteiger partial charge in [-0.3, -0.25) is 15.0 Å². The van der Waals surface area contributed by atoms with Crippen LogP contribution in [-0.2, 0) is 11.2 Å². The molecule has 0 aliphatic carbocycles. The van der Waals surface area contributed by atoms with Gasteiger partial charge in [0.1, 0.15) is 10.7 Å². The smallest absolute Gasteiger partial charge is 0.273 e. The Morgan fingerprint density at radius 1 is 1.10 bits per heavy atom. The molecule has 0 aliphatic rings. The first-order valence-electron chi connectivity index (χ1n) is 9.94. The molecular formula is C22H20N6O2S. The average molecular weight is 433 g/mol. The Morgan fingerprint density at radius 2 is 1.90 bits per heavy atom. The van der Waals surface area contributed by atoms with E-state index < -0.39 is 0 Å². The van der Waals surface area contributed by atoms with E-state index in [2.05, 4.69) is 15.5 Å². The summed E-state index contributed by atoms with van der Waals surface area (Å²) in [5.41, 5.74) is 6.94. The molecule has 31 heavy (non-hydrogen) atoms. The van der Waals surface area contributed by atoms with Gasteiger partial charge in [0.25, 0.3) is 5.56 Å². The maximum Gasteiger partial charge on any atom is 0.281 e. The van der Waals surface area contributed by atoms with E-state index in [4.69, 9.17) is 4.98 Å². The van der Waals surface area contributed by atoms with Crippen molar-refractivity contribution in [3.8, 4) is 0 Å². The Morgan fingerprint density at radius 3 is 2.74 bits per heavy atom. The molecule has 0 atom stereocenters. The lowest BCUT2D eigenvalue weighted by Crippen LogP contribution is -2.35. The number of aromatic nitrogens is 5. The van der Waals surface area contributed by atoms with Crippen LogP contribution in [-0.4, -0.2) is 30.2 Å². The molecule has 1 N–H and O–H groups in total. The zero-order chi connectivity index (χ0) is 21.7. The Kier molecular flexibility index (Phi) is 4.55. The number of aryl methyl sites for hydroxylation is 3. The van der Waals surface area contributed by atoms with Gasteiger partial charge < -0.3 is 0 Å². The van der Waals surface area contributed by atoms with E-state index in [0.29, 0.717) is 22.5 Å². The van der Waals surface area contributed by atoms with E-state index in [1.54, 1.807) is 13.0 Å². The maximum absolute atomic E-state index is 12.7. The van der Waals surface area contributed by atoms with Crippen molar-refractivity contribution in [2.24, 2.45) is 0 Å². The van der Waals surface area contributed by atoms with Crippen LogP contribution in [0.4, 0.5) is 0 Å². The molecule has 0 bridgehead atoms. The zero-order valence-electron chi connectivity index (χ0n) is 17.3. The van der Waals surface area contributed by atoms with Gasteiger partial charge in [-0.2, -0.15) is 5.10 Å². The van der Waals surface area contributed by atoms with E-state index in [1.807, 2.05) is 48.0 Å². The van der Waals surface area contributed by atoms with E-state index in [1.165, 1.54) is 16.0 Å². The third-order valence-corrected chi connectivity index (χ3v) is 6.33. The Bertz CT molecular complexity index is 1550. The van der Waals surface area contributed by atoms with E-state index >= 15 is 0 Å². The second kappa shape index (κ2) is 7.28. The molecule has 5 rings (SSSR count). The van der Waals surface area contributed by atoms with Crippen LogP contribution in [0.2, 0.25) is 0 Å². The van der Waals surface area contributed by atoms with Gasteiger partial charge >= 0.3 is 0 Å². The van der Waals surface area contributed by atoms with Crippen LogP contribution in [0.1, 0.15) is 29.2 Å². The van der Waals surface area contributed by atoms with Crippen LogP contribution < -0.4 is 11.0 Å². The minimum atomic E-state index is -0.268. The molecule has 4 heterocycles. The number of carbonyl (C=O) groups is 1. The highest BCUT2D eigenvalue weighted by atomic mass is 32.1. The van der Waals surface area contributed by atoms with Crippen molar-refractivity contribution in [2.45, 2.75) is 33.6 Å². The van der Waals surface area contributed by atoms with Crippen molar-refractivity contribution in [2.75, 3.05) is 5.43 Å². The molecule has 5 aromatic rings. The molecule has 0 saturated heterocycles. The monoisotopic (exact) mass is 432 g/mol. The number of fused-ring (bicyclic) bond motifs is 4. The summed E-state index contributed by atoms with van der Waals surface area (Å²) in [5.74, 6) is 0.193.